The molecule has 0 spiro atoms. The molecule has 0 bridgehead atoms. The number of likely N-dealkylation sites (tertiary alicyclic amines) is 1. The van der Waals surface area contributed by atoms with Crippen molar-refractivity contribution >= 4 is 47.4 Å². The molecule has 172 valence electrons. The summed E-state index contributed by atoms with van der Waals surface area (Å²) in [6.45, 7) is 8.38. The SMILES string of the molecule is CCN=C(NC1CC1c1c(F)cccc1Cl)N1CCN(CC(=O)N2CCCC2)CC1.I. The molecule has 1 amide bonds. The fraction of sp³-hybridized carbons (Fsp3) is 0.636. The van der Waals surface area contributed by atoms with Gasteiger partial charge < -0.3 is 15.1 Å². The minimum Gasteiger partial charge on any atom is -0.353 e. The van der Waals surface area contributed by atoms with Gasteiger partial charge in [0.1, 0.15) is 5.82 Å². The molecule has 2 saturated heterocycles. The number of rotatable bonds is 5. The third-order valence-electron chi connectivity index (χ3n) is 6.27. The summed E-state index contributed by atoms with van der Waals surface area (Å²) in [5.74, 6) is 0.981. The lowest BCUT2D eigenvalue weighted by Crippen LogP contribution is -2.54. The van der Waals surface area contributed by atoms with E-state index in [1.54, 1.807) is 12.1 Å². The average Bonchev–Trinajstić information content (AvgIpc) is 3.25. The zero-order valence-electron chi connectivity index (χ0n) is 18.0. The molecule has 1 aromatic carbocycles. The predicted octanol–water partition coefficient (Wildman–Crippen LogP) is 3.16. The molecule has 2 unspecified atom stereocenters. The molecule has 3 aliphatic rings. The van der Waals surface area contributed by atoms with Crippen LogP contribution >= 0.6 is 35.6 Å². The number of nitrogens with zero attached hydrogens (tertiary/aromatic N) is 4. The first-order valence-corrected chi connectivity index (χ1v) is 11.4. The van der Waals surface area contributed by atoms with Crippen LogP contribution in [0.25, 0.3) is 0 Å². The number of amides is 1. The van der Waals surface area contributed by atoms with Crippen LogP contribution in [0.4, 0.5) is 4.39 Å². The predicted molar refractivity (Wildman–Crippen MR) is 133 cm³/mol. The molecule has 1 aromatic rings. The van der Waals surface area contributed by atoms with E-state index in [1.807, 2.05) is 11.8 Å². The summed E-state index contributed by atoms with van der Waals surface area (Å²) >= 11 is 6.24. The number of hydrogen-bond donors (Lipinski definition) is 1. The summed E-state index contributed by atoms with van der Waals surface area (Å²) in [5, 5.41) is 4.02. The Morgan fingerprint density at radius 3 is 2.52 bits per heavy atom. The van der Waals surface area contributed by atoms with E-state index in [9.17, 15) is 9.18 Å². The first kappa shape index (κ1) is 24.5. The number of hydrogen-bond acceptors (Lipinski definition) is 3. The third kappa shape index (κ3) is 6.01. The van der Waals surface area contributed by atoms with Crippen molar-refractivity contribution in [1.29, 1.82) is 0 Å². The number of carbonyl (C=O) groups is 1. The number of halogens is 3. The highest BCUT2D eigenvalue weighted by Crippen LogP contribution is 2.45. The normalized spacial score (nSPS) is 24.2. The molecule has 2 heterocycles. The van der Waals surface area contributed by atoms with Crippen LogP contribution in [-0.2, 0) is 4.79 Å². The van der Waals surface area contributed by atoms with Crippen molar-refractivity contribution in [3.05, 3.63) is 34.6 Å². The Hall–Kier alpha value is -1.13. The molecule has 1 saturated carbocycles. The summed E-state index contributed by atoms with van der Waals surface area (Å²) in [7, 11) is 0. The first-order chi connectivity index (χ1) is 14.6. The van der Waals surface area contributed by atoms with Crippen LogP contribution in [-0.4, -0.2) is 85.0 Å². The van der Waals surface area contributed by atoms with Gasteiger partial charge in [-0.3, -0.25) is 14.7 Å². The van der Waals surface area contributed by atoms with Gasteiger partial charge in [-0.05, 0) is 38.3 Å². The summed E-state index contributed by atoms with van der Waals surface area (Å²) in [5.41, 5.74) is 0.609. The van der Waals surface area contributed by atoms with E-state index >= 15 is 0 Å². The fourth-order valence-corrected chi connectivity index (χ4v) is 4.77. The number of aliphatic imine (C=N–C) groups is 1. The molecule has 3 fully saturated rings. The van der Waals surface area contributed by atoms with E-state index in [2.05, 4.69) is 20.1 Å². The minimum atomic E-state index is -0.234. The Morgan fingerprint density at radius 1 is 1.16 bits per heavy atom. The average molecular weight is 564 g/mol. The molecule has 9 heteroatoms. The zero-order valence-corrected chi connectivity index (χ0v) is 21.1. The number of guanidine groups is 1. The molecular weight excluding hydrogens is 532 g/mol. The van der Waals surface area contributed by atoms with E-state index in [1.165, 1.54) is 6.07 Å². The van der Waals surface area contributed by atoms with Gasteiger partial charge in [-0.1, -0.05) is 17.7 Å². The van der Waals surface area contributed by atoms with E-state index in [0.29, 0.717) is 23.7 Å². The van der Waals surface area contributed by atoms with Gasteiger partial charge in [0.25, 0.3) is 0 Å². The van der Waals surface area contributed by atoms with Crippen LogP contribution in [0, 0.1) is 5.82 Å². The van der Waals surface area contributed by atoms with Crippen molar-refractivity contribution in [2.75, 3.05) is 52.4 Å². The van der Waals surface area contributed by atoms with E-state index < -0.39 is 0 Å². The monoisotopic (exact) mass is 563 g/mol. The van der Waals surface area contributed by atoms with Crippen LogP contribution in [0.5, 0.6) is 0 Å². The Balaban J connectivity index is 0.00000272. The van der Waals surface area contributed by atoms with Gasteiger partial charge >= 0.3 is 0 Å². The molecule has 31 heavy (non-hydrogen) atoms. The second-order valence-electron chi connectivity index (χ2n) is 8.38. The number of carbonyl (C=O) groups excluding carboxylic acids is 1. The quantitative estimate of drug-likeness (QED) is 0.340. The van der Waals surface area contributed by atoms with E-state index in [0.717, 1.165) is 64.5 Å². The number of benzene rings is 1. The Bertz CT molecular complexity index is 776. The zero-order chi connectivity index (χ0) is 21.1. The first-order valence-electron chi connectivity index (χ1n) is 11.1. The third-order valence-corrected chi connectivity index (χ3v) is 6.60. The van der Waals surface area contributed by atoms with Crippen molar-refractivity contribution < 1.29 is 9.18 Å². The van der Waals surface area contributed by atoms with Gasteiger partial charge in [0.2, 0.25) is 5.91 Å². The maximum atomic E-state index is 14.2. The van der Waals surface area contributed by atoms with Gasteiger partial charge in [-0.25, -0.2) is 4.39 Å². The molecular formula is C22H32ClFIN5O. The maximum Gasteiger partial charge on any atom is 0.236 e. The molecule has 4 rings (SSSR count). The van der Waals surface area contributed by atoms with Crippen LogP contribution in [0.1, 0.15) is 37.7 Å². The molecule has 1 aliphatic carbocycles. The van der Waals surface area contributed by atoms with Crippen LogP contribution in [0.15, 0.2) is 23.2 Å². The molecule has 2 aliphatic heterocycles. The summed E-state index contributed by atoms with van der Waals surface area (Å²) in [6, 6.07) is 5.02. The Kier molecular flexibility index (Phi) is 8.81. The maximum absolute atomic E-state index is 14.2. The van der Waals surface area contributed by atoms with Crippen LogP contribution in [0.2, 0.25) is 5.02 Å². The standard InChI is InChI=1S/C22H31ClFN5O.HI/c1-2-25-22(26-19-14-16(19)21-17(23)6-5-7-18(21)24)29-12-10-27(11-13-29)15-20(30)28-8-3-4-9-28;/h5-7,16,19H,2-4,8-15H2,1H3,(H,25,26);1H. The molecule has 0 radical (unpaired) electrons. The smallest absolute Gasteiger partial charge is 0.236 e. The topological polar surface area (TPSA) is 51.2 Å². The van der Waals surface area contributed by atoms with Crippen molar-refractivity contribution in [3.8, 4) is 0 Å². The molecule has 0 aromatic heterocycles. The molecule has 6 nitrogen and oxygen atoms in total. The second kappa shape index (κ2) is 11.1. The number of nitrogens with one attached hydrogen (secondary N) is 1. The second-order valence-corrected chi connectivity index (χ2v) is 8.78. The molecule has 1 N–H and O–H groups in total. The van der Waals surface area contributed by atoms with Gasteiger partial charge in [0.15, 0.2) is 5.96 Å². The lowest BCUT2D eigenvalue weighted by molar-refractivity contribution is -0.131. The Morgan fingerprint density at radius 2 is 1.87 bits per heavy atom. The largest absolute Gasteiger partial charge is 0.353 e. The highest BCUT2D eigenvalue weighted by atomic mass is 127. The lowest BCUT2D eigenvalue weighted by atomic mass is 10.1. The minimum absolute atomic E-state index is 0. The highest BCUT2D eigenvalue weighted by Gasteiger charge is 2.42. The highest BCUT2D eigenvalue weighted by molar-refractivity contribution is 14.0. The van der Waals surface area contributed by atoms with E-state index in [-0.39, 0.29) is 47.7 Å². The van der Waals surface area contributed by atoms with Crippen molar-refractivity contribution in [2.45, 2.75) is 38.1 Å². The van der Waals surface area contributed by atoms with Crippen LogP contribution in [0.3, 0.4) is 0 Å². The van der Waals surface area contributed by atoms with Gasteiger partial charge in [0, 0.05) is 68.4 Å². The van der Waals surface area contributed by atoms with Gasteiger partial charge in [-0.15, -0.1) is 24.0 Å². The Labute approximate surface area is 206 Å². The van der Waals surface area contributed by atoms with Gasteiger partial charge in [0.05, 0.1) is 6.54 Å². The molecule has 2 atom stereocenters. The van der Waals surface area contributed by atoms with Gasteiger partial charge in [-0.2, -0.15) is 0 Å². The van der Waals surface area contributed by atoms with Crippen molar-refractivity contribution in [1.82, 2.24) is 20.0 Å². The lowest BCUT2D eigenvalue weighted by Gasteiger charge is -2.36. The summed E-state index contributed by atoms with van der Waals surface area (Å²) in [4.78, 5) is 23.5. The fourth-order valence-electron chi connectivity index (χ4n) is 4.47. The van der Waals surface area contributed by atoms with Crippen molar-refractivity contribution in [3.63, 3.8) is 0 Å². The summed E-state index contributed by atoms with van der Waals surface area (Å²) < 4.78 is 14.2. The van der Waals surface area contributed by atoms with E-state index in [4.69, 9.17) is 11.6 Å². The summed E-state index contributed by atoms with van der Waals surface area (Å²) in [6.07, 6.45) is 3.11. The van der Waals surface area contributed by atoms with Crippen molar-refractivity contribution in [2.24, 2.45) is 4.99 Å². The number of piperazine rings is 1. The van der Waals surface area contributed by atoms with Crippen LogP contribution < -0.4 is 5.32 Å².